The van der Waals surface area contributed by atoms with Crippen molar-refractivity contribution in [1.29, 1.82) is 0 Å². The maximum Gasteiger partial charge on any atom is 0.200 e. The monoisotopic (exact) mass is 417 g/mol. The van der Waals surface area contributed by atoms with Crippen LogP contribution in [-0.2, 0) is 0 Å². The summed E-state index contributed by atoms with van der Waals surface area (Å²) < 4.78 is 22.1. The Balaban J connectivity index is 1.78. The summed E-state index contributed by atoms with van der Waals surface area (Å²) in [7, 11) is 4.76. The first kappa shape index (κ1) is 20.3. The Bertz CT molecular complexity index is 1310. The second kappa shape index (κ2) is 8.44. The Morgan fingerprint density at radius 2 is 1.55 bits per heavy atom. The van der Waals surface area contributed by atoms with Crippen LogP contribution in [0.2, 0.25) is 0 Å². The first-order valence-electron chi connectivity index (χ1n) is 9.75. The van der Waals surface area contributed by atoms with E-state index in [2.05, 4.69) is 5.32 Å². The average Bonchev–Trinajstić information content (AvgIpc) is 2.79. The van der Waals surface area contributed by atoms with E-state index < -0.39 is 0 Å². The third-order valence-electron chi connectivity index (χ3n) is 5.13. The number of methoxy groups -OCH3 is 3. The maximum absolute atomic E-state index is 13.3. The van der Waals surface area contributed by atoms with E-state index in [9.17, 15) is 4.79 Å². The van der Waals surface area contributed by atoms with Gasteiger partial charge in [0.15, 0.2) is 11.5 Å². The molecule has 0 fully saturated rings. The molecule has 31 heavy (non-hydrogen) atoms. The first-order chi connectivity index (χ1) is 15.0. The fraction of sp³-hybridized carbons (Fsp3) is 0.160. The number of rotatable bonds is 6. The molecule has 6 nitrogen and oxygen atoms in total. The molecule has 1 heterocycles. The number of hydrogen-bond donors (Lipinski definition) is 1. The summed E-state index contributed by atoms with van der Waals surface area (Å²) in [5.41, 5.74) is 3.23. The number of benzene rings is 3. The summed E-state index contributed by atoms with van der Waals surface area (Å²) in [4.78, 5) is 13.3. The number of hydrogen-bond acceptors (Lipinski definition) is 6. The van der Waals surface area contributed by atoms with Gasteiger partial charge in [0.2, 0.25) is 5.43 Å². The molecule has 0 aliphatic carbocycles. The van der Waals surface area contributed by atoms with Gasteiger partial charge in [0.05, 0.1) is 38.0 Å². The average molecular weight is 417 g/mol. The SMILES string of the molecule is COc1ccccc1Nc1ccc2c(=O)c(-c3ccc(OC)c(OC)c3)c(C)oc2c1. The molecular formula is C25H23NO5. The molecule has 4 aromatic rings. The summed E-state index contributed by atoms with van der Waals surface area (Å²) in [6.07, 6.45) is 0. The van der Waals surface area contributed by atoms with Crippen LogP contribution in [0.15, 0.2) is 69.9 Å². The van der Waals surface area contributed by atoms with Crippen molar-refractivity contribution in [2.24, 2.45) is 0 Å². The van der Waals surface area contributed by atoms with Gasteiger partial charge < -0.3 is 23.9 Å². The lowest BCUT2D eigenvalue weighted by Gasteiger charge is -2.13. The van der Waals surface area contributed by atoms with E-state index >= 15 is 0 Å². The van der Waals surface area contributed by atoms with Crippen LogP contribution in [0.25, 0.3) is 22.1 Å². The molecule has 0 spiro atoms. The summed E-state index contributed by atoms with van der Waals surface area (Å²) in [5.74, 6) is 2.40. The highest BCUT2D eigenvalue weighted by atomic mass is 16.5. The molecule has 0 saturated heterocycles. The molecule has 0 radical (unpaired) electrons. The quantitative estimate of drug-likeness (QED) is 0.444. The van der Waals surface area contributed by atoms with Crippen molar-refractivity contribution in [3.05, 3.63) is 76.6 Å². The fourth-order valence-electron chi connectivity index (χ4n) is 3.61. The highest BCUT2D eigenvalue weighted by Crippen LogP contribution is 2.34. The minimum atomic E-state index is -0.102. The maximum atomic E-state index is 13.3. The minimum absolute atomic E-state index is 0.102. The van der Waals surface area contributed by atoms with Crippen LogP contribution in [0.5, 0.6) is 17.2 Å². The van der Waals surface area contributed by atoms with Crippen LogP contribution in [0.3, 0.4) is 0 Å². The Morgan fingerprint density at radius 1 is 0.806 bits per heavy atom. The predicted octanol–water partition coefficient (Wildman–Crippen LogP) is 5.54. The largest absolute Gasteiger partial charge is 0.495 e. The number of para-hydroxylation sites is 2. The molecule has 0 unspecified atom stereocenters. The van der Waals surface area contributed by atoms with Crippen LogP contribution >= 0.6 is 0 Å². The highest BCUT2D eigenvalue weighted by Gasteiger charge is 2.16. The molecule has 3 aromatic carbocycles. The number of nitrogens with one attached hydrogen (secondary N) is 1. The van der Waals surface area contributed by atoms with Gasteiger partial charge in [0.25, 0.3) is 0 Å². The Morgan fingerprint density at radius 3 is 2.29 bits per heavy atom. The van der Waals surface area contributed by atoms with Crippen molar-refractivity contribution < 1.29 is 18.6 Å². The van der Waals surface area contributed by atoms with Gasteiger partial charge in [-0.3, -0.25) is 4.79 Å². The van der Waals surface area contributed by atoms with Gasteiger partial charge in [-0.1, -0.05) is 18.2 Å². The predicted molar refractivity (Wildman–Crippen MR) is 122 cm³/mol. The lowest BCUT2D eigenvalue weighted by Crippen LogP contribution is -2.08. The number of fused-ring (bicyclic) bond motifs is 1. The Labute approximate surface area is 180 Å². The molecular weight excluding hydrogens is 394 g/mol. The van der Waals surface area contributed by atoms with E-state index in [1.807, 2.05) is 42.5 Å². The Hall–Kier alpha value is -3.93. The summed E-state index contributed by atoms with van der Waals surface area (Å²) >= 11 is 0. The van der Waals surface area contributed by atoms with Gasteiger partial charge in [0.1, 0.15) is 17.1 Å². The van der Waals surface area contributed by atoms with Crippen molar-refractivity contribution in [2.45, 2.75) is 6.92 Å². The molecule has 1 N–H and O–H groups in total. The molecule has 158 valence electrons. The van der Waals surface area contributed by atoms with E-state index in [4.69, 9.17) is 18.6 Å². The van der Waals surface area contributed by atoms with Crippen LogP contribution in [0.4, 0.5) is 11.4 Å². The highest BCUT2D eigenvalue weighted by molar-refractivity contribution is 5.86. The summed E-state index contributed by atoms with van der Waals surface area (Å²) in [5, 5.41) is 3.81. The topological polar surface area (TPSA) is 69.9 Å². The molecule has 1 aromatic heterocycles. The van der Waals surface area contributed by atoms with Crippen molar-refractivity contribution in [2.75, 3.05) is 26.6 Å². The van der Waals surface area contributed by atoms with Crippen molar-refractivity contribution >= 4 is 22.3 Å². The second-order valence-electron chi connectivity index (χ2n) is 6.97. The van der Waals surface area contributed by atoms with Gasteiger partial charge in [-0.2, -0.15) is 0 Å². The molecule has 0 bridgehead atoms. The third-order valence-corrected chi connectivity index (χ3v) is 5.13. The molecule has 0 aliphatic rings. The van der Waals surface area contributed by atoms with E-state index in [0.717, 1.165) is 17.1 Å². The van der Waals surface area contributed by atoms with Gasteiger partial charge in [-0.15, -0.1) is 0 Å². The number of aryl methyl sites for hydroxylation is 1. The van der Waals surface area contributed by atoms with E-state index in [1.165, 1.54) is 0 Å². The summed E-state index contributed by atoms with van der Waals surface area (Å²) in [6, 6.07) is 18.4. The second-order valence-corrected chi connectivity index (χ2v) is 6.97. The lowest BCUT2D eigenvalue weighted by molar-refractivity contribution is 0.355. The van der Waals surface area contributed by atoms with E-state index in [1.54, 1.807) is 46.5 Å². The minimum Gasteiger partial charge on any atom is -0.495 e. The standard InChI is InChI=1S/C25H23NO5/c1-15-24(16-9-12-21(29-3)23(13-16)30-4)25(27)18-11-10-17(14-22(18)31-15)26-19-7-5-6-8-20(19)28-2/h5-14,26H,1-4H3. The zero-order valence-corrected chi connectivity index (χ0v) is 17.8. The van der Waals surface area contributed by atoms with Gasteiger partial charge >= 0.3 is 0 Å². The number of anilines is 2. The van der Waals surface area contributed by atoms with Crippen molar-refractivity contribution in [1.82, 2.24) is 0 Å². The van der Waals surface area contributed by atoms with Crippen LogP contribution < -0.4 is 25.0 Å². The normalized spacial score (nSPS) is 10.7. The zero-order valence-electron chi connectivity index (χ0n) is 17.8. The van der Waals surface area contributed by atoms with Gasteiger partial charge in [0, 0.05) is 11.8 Å². The first-order valence-corrected chi connectivity index (χ1v) is 9.75. The van der Waals surface area contributed by atoms with Crippen LogP contribution in [0.1, 0.15) is 5.76 Å². The lowest BCUT2D eigenvalue weighted by atomic mass is 10.0. The molecule has 0 amide bonds. The Kier molecular flexibility index (Phi) is 5.54. The molecule has 0 atom stereocenters. The zero-order chi connectivity index (χ0) is 22.0. The van der Waals surface area contributed by atoms with Gasteiger partial charge in [-0.25, -0.2) is 0 Å². The molecule has 0 saturated carbocycles. The smallest absolute Gasteiger partial charge is 0.200 e. The van der Waals surface area contributed by atoms with Crippen molar-refractivity contribution in [3.63, 3.8) is 0 Å². The number of ether oxygens (including phenoxy) is 3. The van der Waals surface area contributed by atoms with Crippen LogP contribution in [0, 0.1) is 6.92 Å². The van der Waals surface area contributed by atoms with Crippen molar-refractivity contribution in [3.8, 4) is 28.4 Å². The molecule has 6 heteroatoms. The fourth-order valence-corrected chi connectivity index (χ4v) is 3.61. The van der Waals surface area contributed by atoms with E-state index in [0.29, 0.717) is 39.4 Å². The third kappa shape index (κ3) is 3.80. The van der Waals surface area contributed by atoms with E-state index in [-0.39, 0.29) is 5.43 Å². The van der Waals surface area contributed by atoms with Crippen LogP contribution in [-0.4, -0.2) is 21.3 Å². The summed E-state index contributed by atoms with van der Waals surface area (Å²) in [6.45, 7) is 1.78. The molecule has 4 rings (SSSR count). The molecule has 0 aliphatic heterocycles. The van der Waals surface area contributed by atoms with Gasteiger partial charge in [-0.05, 0) is 48.9 Å².